The van der Waals surface area contributed by atoms with E-state index in [1.165, 1.54) is 64.2 Å². The molecule has 1 aliphatic rings. The van der Waals surface area contributed by atoms with Gasteiger partial charge in [0.1, 0.15) is 0 Å². The molecule has 1 atom stereocenters. The fourth-order valence-corrected chi connectivity index (χ4v) is 4.21. The largest absolute Gasteiger partial charge is 0.0683 e. The summed E-state index contributed by atoms with van der Waals surface area (Å²) in [5, 5.41) is 0. The van der Waals surface area contributed by atoms with Crippen molar-refractivity contribution < 1.29 is 0 Å². The van der Waals surface area contributed by atoms with Crippen LogP contribution >= 0.6 is 0 Å². The van der Waals surface area contributed by atoms with Gasteiger partial charge in [0.25, 0.3) is 0 Å². The first-order chi connectivity index (χ1) is 10.0. The van der Waals surface area contributed by atoms with E-state index < -0.39 is 0 Å². The molecule has 0 aromatic carbocycles. The van der Waals surface area contributed by atoms with Crippen molar-refractivity contribution in [3.05, 3.63) is 0 Å². The monoisotopic (exact) mass is 296 g/mol. The zero-order chi connectivity index (χ0) is 16.3. The van der Waals surface area contributed by atoms with Gasteiger partial charge in [0.2, 0.25) is 0 Å². The van der Waals surface area contributed by atoms with E-state index >= 15 is 0 Å². The minimum absolute atomic E-state index is 0.573. The maximum atomic E-state index is 2.58. The van der Waals surface area contributed by atoms with Crippen molar-refractivity contribution in [2.75, 3.05) is 0 Å². The zero-order valence-corrected chi connectivity index (χ0v) is 16.3. The van der Waals surface area contributed by atoms with Crippen LogP contribution in [0.4, 0.5) is 0 Å². The molecule has 0 aliphatic heterocycles. The molecule has 0 saturated heterocycles. The number of hydrogen-bond acceptors (Lipinski definition) is 0. The van der Waals surface area contributed by atoms with E-state index in [0.717, 1.165) is 17.8 Å². The van der Waals surface area contributed by atoms with E-state index in [1.54, 1.807) is 0 Å². The predicted octanol–water partition coefficient (Wildman–Crippen LogP) is 7.86. The zero-order valence-electron chi connectivity index (χ0n) is 16.3. The summed E-state index contributed by atoms with van der Waals surface area (Å²) >= 11 is 0. The fraction of sp³-hybridized carbons (Fsp3) is 1.00. The van der Waals surface area contributed by atoms with Gasteiger partial charge in [-0.25, -0.2) is 0 Å². The van der Waals surface area contributed by atoms with Crippen molar-refractivity contribution in [3.63, 3.8) is 0 Å². The number of unbranched alkanes of at least 4 members (excludes halogenated alkanes) is 2. The first-order valence-electron chi connectivity index (χ1n) is 10.0. The van der Waals surface area contributed by atoms with E-state index in [-0.39, 0.29) is 0 Å². The lowest BCUT2D eigenvalue weighted by Crippen LogP contribution is -2.35. The predicted molar refractivity (Wildman–Crippen MR) is 98.8 cm³/mol. The Morgan fingerprint density at radius 1 is 0.857 bits per heavy atom. The molecule has 0 heterocycles. The molecule has 1 unspecified atom stereocenters. The van der Waals surface area contributed by atoms with Crippen LogP contribution in [-0.4, -0.2) is 0 Å². The van der Waals surface area contributed by atoms with E-state index in [4.69, 9.17) is 0 Å². The van der Waals surface area contributed by atoms with Crippen molar-refractivity contribution in [2.24, 2.45) is 23.2 Å². The molecule has 1 aliphatic carbocycles. The van der Waals surface area contributed by atoms with Gasteiger partial charge in [0.15, 0.2) is 0 Å². The molecule has 0 aromatic rings. The van der Waals surface area contributed by atoms with Crippen LogP contribution in [0, 0.1) is 23.2 Å². The van der Waals surface area contributed by atoms with Gasteiger partial charge in [-0.15, -0.1) is 0 Å². The summed E-state index contributed by atoms with van der Waals surface area (Å²) in [6.45, 7) is 16.3. The van der Waals surface area contributed by atoms with Crippen LogP contribution in [0.5, 0.6) is 0 Å². The van der Waals surface area contributed by atoms with Crippen molar-refractivity contribution in [1.29, 1.82) is 0 Å². The molecule has 0 heteroatoms. The topological polar surface area (TPSA) is 0 Å². The molecule has 0 N–H and O–H groups in total. The van der Waals surface area contributed by atoms with Crippen LogP contribution in [0.1, 0.15) is 113 Å². The molecular weight excluding hydrogens is 252 g/mol. The summed E-state index contributed by atoms with van der Waals surface area (Å²) in [5.74, 6) is 2.93. The van der Waals surface area contributed by atoms with E-state index in [9.17, 15) is 0 Å². The Labute approximate surface area is 136 Å². The maximum absolute atomic E-state index is 2.58. The Morgan fingerprint density at radius 2 is 1.43 bits per heavy atom. The highest BCUT2D eigenvalue weighted by Gasteiger charge is 2.37. The summed E-state index contributed by atoms with van der Waals surface area (Å²) in [6.07, 6.45) is 14.5. The first-order valence-corrected chi connectivity index (χ1v) is 10.0. The molecule has 0 spiro atoms. The Balaban J connectivity index is 0.00000191. The van der Waals surface area contributed by atoms with E-state index in [2.05, 4.69) is 34.6 Å². The van der Waals surface area contributed by atoms with Crippen molar-refractivity contribution in [1.82, 2.24) is 0 Å². The van der Waals surface area contributed by atoms with Gasteiger partial charge in [-0.05, 0) is 42.4 Å². The first kappa shape index (κ1) is 21.0. The van der Waals surface area contributed by atoms with Gasteiger partial charge in [-0.2, -0.15) is 0 Å². The number of rotatable bonds is 8. The maximum Gasteiger partial charge on any atom is -0.0298 e. The van der Waals surface area contributed by atoms with Crippen molar-refractivity contribution in [2.45, 2.75) is 113 Å². The standard InChI is InChI=1S/C19H38.C2H6/c1-6-8-9-11-17(10-7-2)19(4,5)18-14-12-16(3)13-15-18;1-2/h16-18H,6-15H2,1-5H3;1-2H3. The minimum atomic E-state index is 0.573. The van der Waals surface area contributed by atoms with Crippen LogP contribution in [0.2, 0.25) is 0 Å². The molecule has 1 rings (SSSR count). The van der Waals surface area contributed by atoms with Crippen LogP contribution in [-0.2, 0) is 0 Å². The molecule has 21 heavy (non-hydrogen) atoms. The summed E-state index contributed by atoms with van der Waals surface area (Å²) in [5.41, 5.74) is 0.573. The molecule has 1 fully saturated rings. The van der Waals surface area contributed by atoms with Crippen molar-refractivity contribution in [3.8, 4) is 0 Å². The second-order valence-electron chi connectivity index (χ2n) is 7.76. The molecular formula is C21H44. The lowest BCUT2D eigenvalue weighted by molar-refractivity contribution is 0.0592. The third kappa shape index (κ3) is 7.20. The summed E-state index contributed by atoms with van der Waals surface area (Å²) in [7, 11) is 0. The summed E-state index contributed by atoms with van der Waals surface area (Å²) in [4.78, 5) is 0. The van der Waals surface area contributed by atoms with Crippen LogP contribution in [0.25, 0.3) is 0 Å². The average Bonchev–Trinajstić information content (AvgIpc) is 2.49. The van der Waals surface area contributed by atoms with Crippen LogP contribution in [0.15, 0.2) is 0 Å². The van der Waals surface area contributed by atoms with Gasteiger partial charge in [0, 0.05) is 0 Å². The number of hydrogen-bond donors (Lipinski definition) is 0. The highest BCUT2D eigenvalue weighted by Crippen LogP contribution is 2.47. The van der Waals surface area contributed by atoms with Crippen molar-refractivity contribution >= 4 is 0 Å². The highest BCUT2D eigenvalue weighted by molar-refractivity contribution is 4.87. The quantitative estimate of drug-likeness (QED) is 0.400. The Bertz CT molecular complexity index is 220. The highest BCUT2D eigenvalue weighted by atomic mass is 14.4. The lowest BCUT2D eigenvalue weighted by Gasteiger charge is -2.44. The minimum Gasteiger partial charge on any atom is -0.0683 e. The van der Waals surface area contributed by atoms with E-state index in [0.29, 0.717) is 5.41 Å². The summed E-state index contributed by atoms with van der Waals surface area (Å²) < 4.78 is 0. The van der Waals surface area contributed by atoms with Gasteiger partial charge in [-0.1, -0.05) is 93.4 Å². The van der Waals surface area contributed by atoms with Gasteiger partial charge >= 0.3 is 0 Å². The Kier molecular flexibility index (Phi) is 11.6. The molecule has 0 aromatic heterocycles. The second kappa shape index (κ2) is 11.6. The van der Waals surface area contributed by atoms with Gasteiger partial charge < -0.3 is 0 Å². The molecule has 0 radical (unpaired) electrons. The van der Waals surface area contributed by atoms with E-state index in [1.807, 2.05) is 13.8 Å². The Morgan fingerprint density at radius 3 is 1.90 bits per heavy atom. The SMILES string of the molecule is CC.CCCCCC(CCC)C(C)(C)C1CCC(C)CC1. The third-order valence-electron chi connectivity index (χ3n) is 5.91. The summed E-state index contributed by atoms with van der Waals surface area (Å²) in [6, 6.07) is 0. The molecule has 0 bridgehead atoms. The molecule has 128 valence electrons. The normalized spacial score (nSPS) is 24.1. The van der Waals surface area contributed by atoms with Crippen LogP contribution in [0.3, 0.4) is 0 Å². The molecule has 0 amide bonds. The third-order valence-corrected chi connectivity index (χ3v) is 5.91. The van der Waals surface area contributed by atoms with Crippen LogP contribution < -0.4 is 0 Å². The average molecular weight is 297 g/mol. The second-order valence-corrected chi connectivity index (χ2v) is 7.76. The fourth-order valence-electron chi connectivity index (χ4n) is 4.21. The van der Waals surface area contributed by atoms with Gasteiger partial charge in [-0.3, -0.25) is 0 Å². The Hall–Kier alpha value is 0. The molecule has 1 saturated carbocycles. The van der Waals surface area contributed by atoms with Gasteiger partial charge in [0.05, 0.1) is 0 Å². The smallest absolute Gasteiger partial charge is 0.0298 e. The molecule has 0 nitrogen and oxygen atoms in total. The lowest BCUT2D eigenvalue weighted by atomic mass is 9.61.